The Kier molecular flexibility index (Phi) is 2.98. The Hall–Kier alpha value is -2.13. The fourth-order valence-electron chi connectivity index (χ4n) is 2.05. The predicted molar refractivity (Wildman–Crippen MR) is 59.1 cm³/mol. The monoisotopic (exact) mass is 209 g/mol. The first kappa shape index (κ1) is 10.4. The largest absolute Gasteiger partial charge is 0.261 e. The topological polar surface area (TPSA) is 60.5 Å². The van der Waals surface area contributed by atoms with E-state index in [1.807, 2.05) is 18.2 Å². The Morgan fingerprint density at radius 2 is 2.00 bits per heavy atom. The number of nitrogens with zero attached hydrogens (tertiary/aromatic N) is 3. The molecular weight excluding hydrogens is 198 g/mol. The summed E-state index contributed by atoms with van der Waals surface area (Å²) >= 11 is 0. The van der Waals surface area contributed by atoms with Crippen LogP contribution in [0.25, 0.3) is 0 Å². The van der Waals surface area contributed by atoms with E-state index in [9.17, 15) is 0 Å². The summed E-state index contributed by atoms with van der Waals surface area (Å²) in [4.78, 5) is 4.31. The molecule has 0 N–H and O–H groups in total. The standard InChI is InChI=1S/C13H11N3/c14-8-11-5-4-10(7-12(11)9-15)13-3-1-2-6-16-13/h1-3,6,10H,4-5,7H2. The normalized spacial score (nSPS) is 20.0. The second-order valence-electron chi connectivity index (χ2n) is 3.88. The molecule has 0 spiro atoms. The van der Waals surface area contributed by atoms with Gasteiger partial charge in [-0.15, -0.1) is 0 Å². The third-order valence-corrected chi connectivity index (χ3v) is 2.93. The van der Waals surface area contributed by atoms with Crippen molar-refractivity contribution in [2.75, 3.05) is 0 Å². The summed E-state index contributed by atoms with van der Waals surface area (Å²) in [6, 6.07) is 10.1. The maximum Gasteiger partial charge on any atom is 0.0957 e. The molecule has 1 aromatic rings. The van der Waals surface area contributed by atoms with Crippen molar-refractivity contribution in [3.8, 4) is 12.1 Å². The highest BCUT2D eigenvalue weighted by Crippen LogP contribution is 2.34. The summed E-state index contributed by atoms with van der Waals surface area (Å²) in [5.41, 5.74) is 2.30. The van der Waals surface area contributed by atoms with Crippen LogP contribution in [0.4, 0.5) is 0 Å². The van der Waals surface area contributed by atoms with E-state index in [-0.39, 0.29) is 5.92 Å². The van der Waals surface area contributed by atoms with Gasteiger partial charge in [-0.2, -0.15) is 10.5 Å². The zero-order chi connectivity index (χ0) is 11.4. The first-order valence-electron chi connectivity index (χ1n) is 5.28. The van der Waals surface area contributed by atoms with Crippen molar-refractivity contribution >= 4 is 0 Å². The summed E-state index contributed by atoms with van der Waals surface area (Å²) < 4.78 is 0. The van der Waals surface area contributed by atoms with Crippen molar-refractivity contribution in [3.05, 3.63) is 41.2 Å². The minimum absolute atomic E-state index is 0.285. The van der Waals surface area contributed by atoms with Gasteiger partial charge >= 0.3 is 0 Å². The average molecular weight is 209 g/mol. The maximum atomic E-state index is 8.98. The zero-order valence-corrected chi connectivity index (χ0v) is 8.85. The van der Waals surface area contributed by atoms with Gasteiger partial charge in [0.05, 0.1) is 12.1 Å². The summed E-state index contributed by atoms with van der Waals surface area (Å²) in [5.74, 6) is 0.285. The predicted octanol–water partition coefficient (Wildman–Crippen LogP) is 2.69. The van der Waals surface area contributed by atoms with Crippen molar-refractivity contribution in [2.45, 2.75) is 25.2 Å². The molecule has 3 nitrogen and oxygen atoms in total. The van der Waals surface area contributed by atoms with Crippen LogP contribution in [0.5, 0.6) is 0 Å². The molecule has 0 aliphatic heterocycles. The van der Waals surface area contributed by atoms with Gasteiger partial charge in [-0.1, -0.05) is 6.07 Å². The van der Waals surface area contributed by atoms with Crippen LogP contribution in [0.3, 0.4) is 0 Å². The maximum absolute atomic E-state index is 8.98. The Balaban J connectivity index is 2.24. The van der Waals surface area contributed by atoms with Gasteiger partial charge in [-0.3, -0.25) is 4.98 Å². The van der Waals surface area contributed by atoms with E-state index in [2.05, 4.69) is 17.1 Å². The lowest BCUT2D eigenvalue weighted by atomic mass is 9.83. The molecule has 0 radical (unpaired) electrons. The van der Waals surface area contributed by atoms with E-state index in [0.29, 0.717) is 24.0 Å². The number of nitriles is 2. The molecule has 1 atom stereocenters. The van der Waals surface area contributed by atoms with Gasteiger partial charge in [0.2, 0.25) is 0 Å². The highest BCUT2D eigenvalue weighted by Gasteiger charge is 2.22. The lowest BCUT2D eigenvalue weighted by Gasteiger charge is -2.20. The van der Waals surface area contributed by atoms with Crippen LogP contribution < -0.4 is 0 Å². The molecule has 1 heterocycles. The van der Waals surface area contributed by atoms with E-state index >= 15 is 0 Å². The van der Waals surface area contributed by atoms with Crippen LogP contribution in [0.15, 0.2) is 35.5 Å². The first-order chi connectivity index (χ1) is 7.85. The molecule has 16 heavy (non-hydrogen) atoms. The fourth-order valence-corrected chi connectivity index (χ4v) is 2.05. The van der Waals surface area contributed by atoms with Crippen LogP contribution in [-0.2, 0) is 0 Å². The number of hydrogen-bond donors (Lipinski definition) is 0. The van der Waals surface area contributed by atoms with Crippen LogP contribution in [0.1, 0.15) is 30.9 Å². The van der Waals surface area contributed by atoms with E-state index in [4.69, 9.17) is 10.5 Å². The van der Waals surface area contributed by atoms with Gasteiger partial charge in [0, 0.05) is 29.0 Å². The fraction of sp³-hybridized carbons (Fsp3) is 0.308. The molecular formula is C13H11N3. The quantitative estimate of drug-likeness (QED) is 0.714. The summed E-state index contributed by atoms with van der Waals surface area (Å²) in [7, 11) is 0. The molecule has 0 bridgehead atoms. The summed E-state index contributed by atoms with van der Waals surface area (Å²) in [6.07, 6.45) is 4.02. The lowest BCUT2D eigenvalue weighted by molar-refractivity contribution is 0.580. The third kappa shape index (κ3) is 1.94. The zero-order valence-electron chi connectivity index (χ0n) is 8.85. The molecule has 0 saturated heterocycles. The van der Waals surface area contributed by atoms with Gasteiger partial charge in [-0.05, 0) is 31.4 Å². The Morgan fingerprint density at radius 1 is 1.19 bits per heavy atom. The van der Waals surface area contributed by atoms with E-state index < -0.39 is 0 Å². The first-order valence-corrected chi connectivity index (χ1v) is 5.28. The molecule has 0 saturated carbocycles. The summed E-state index contributed by atoms with van der Waals surface area (Å²) in [6.45, 7) is 0. The third-order valence-electron chi connectivity index (χ3n) is 2.93. The number of pyridine rings is 1. The van der Waals surface area contributed by atoms with Crippen molar-refractivity contribution in [2.24, 2.45) is 0 Å². The number of aromatic nitrogens is 1. The Bertz CT molecular complexity index is 488. The van der Waals surface area contributed by atoms with E-state index in [0.717, 1.165) is 12.1 Å². The lowest BCUT2D eigenvalue weighted by Crippen LogP contribution is -2.09. The summed E-state index contributed by atoms with van der Waals surface area (Å²) in [5, 5.41) is 17.9. The number of hydrogen-bond acceptors (Lipinski definition) is 3. The molecule has 78 valence electrons. The van der Waals surface area contributed by atoms with Crippen molar-refractivity contribution in [1.82, 2.24) is 4.98 Å². The molecule has 0 fully saturated rings. The highest BCUT2D eigenvalue weighted by molar-refractivity contribution is 5.40. The minimum Gasteiger partial charge on any atom is -0.261 e. The van der Waals surface area contributed by atoms with Gasteiger partial charge in [0.15, 0.2) is 0 Å². The van der Waals surface area contributed by atoms with Crippen LogP contribution in [0, 0.1) is 22.7 Å². The molecule has 1 aromatic heterocycles. The smallest absolute Gasteiger partial charge is 0.0957 e. The molecule has 0 amide bonds. The van der Waals surface area contributed by atoms with E-state index in [1.54, 1.807) is 6.20 Å². The average Bonchev–Trinajstić information content (AvgIpc) is 2.39. The molecule has 3 heteroatoms. The van der Waals surface area contributed by atoms with Crippen molar-refractivity contribution in [3.63, 3.8) is 0 Å². The van der Waals surface area contributed by atoms with Crippen molar-refractivity contribution in [1.29, 1.82) is 10.5 Å². The number of rotatable bonds is 1. The molecule has 1 unspecified atom stereocenters. The Morgan fingerprint density at radius 3 is 2.62 bits per heavy atom. The molecule has 1 aliphatic carbocycles. The molecule has 0 aromatic carbocycles. The molecule has 1 aliphatic rings. The second-order valence-corrected chi connectivity index (χ2v) is 3.88. The van der Waals surface area contributed by atoms with Crippen LogP contribution in [0.2, 0.25) is 0 Å². The van der Waals surface area contributed by atoms with Crippen LogP contribution >= 0.6 is 0 Å². The molecule has 2 rings (SSSR count). The van der Waals surface area contributed by atoms with Gasteiger partial charge < -0.3 is 0 Å². The highest BCUT2D eigenvalue weighted by atomic mass is 14.7. The van der Waals surface area contributed by atoms with Gasteiger partial charge in [0.25, 0.3) is 0 Å². The van der Waals surface area contributed by atoms with E-state index in [1.165, 1.54) is 0 Å². The number of allylic oxidation sites excluding steroid dienone is 2. The Labute approximate surface area is 94.7 Å². The minimum atomic E-state index is 0.285. The van der Waals surface area contributed by atoms with Gasteiger partial charge in [-0.25, -0.2) is 0 Å². The SMILES string of the molecule is N#CC1=C(C#N)CC(c2ccccn2)CC1. The second kappa shape index (κ2) is 4.59. The van der Waals surface area contributed by atoms with Crippen molar-refractivity contribution < 1.29 is 0 Å². The van der Waals surface area contributed by atoms with Crippen LogP contribution in [-0.4, -0.2) is 4.98 Å². The van der Waals surface area contributed by atoms with Gasteiger partial charge in [0.1, 0.15) is 0 Å².